The molecule has 0 radical (unpaired) electrons. The first-order chi connectivity index (χ1) is 10.0. The van der Waals surface area contributed by atoms with Gasteiger partial charge in [-0.25, -0.2) is 9.48 Å². The molecule has 1 aromatic heterocycles. The standard InChI is InChI=1S/C14H24N4O3/c1-5-7-10(3)15-12(19)9-18-11(8-6-2)13(16-17-18)14(20)21-4/h10H,5-9H2,1-4H3,(H,15,19). The van der Waals surface area contributed by atoms with E-state index in [2.05, 4.69) is 27.3 Å². The highest BCUT2D eigenvalue weighted by molar-refractivity contribution is 5.88. The topological polar surface area (TPSA) is 86.1 Å². The molecular weight excluding hydrogens is 272 g/mol. The summed E-state index contributed by atoms with van der Waals surface area (Å²) in [5.41, 5.74) is 0.830. The average molecular weight is 296 g/mol. The molecule has 0 spiro atoms. The van der Waals surface area contributed by atoms with Crippen molar-refractivity contribution in [1.29, 1.82) is 0 Å². The zero-order valence-corrected chi connectivity index (χ0v) is 13.2. The lowest BCUT2D eigenvalue weighted by Crippen LogP contribution is -2.35. The van der Waals surface area contributed by atoms with Crippen LogP contribution in [0.4, 0.5) is 0 Å². The number of amides is 1. The number of aromatic nitrogens is 3. The Labute approximate surface area is 125 Å². The van der Waals surface area contributed by atoms with E-state index in [0.717, 1.165) is 19.3 Å². The Morgan fingerprint density at radius 3 is 2.62 bits per heavy atom. The number of carbonyl (C=O) groups is 2. The first-order valence-electron chi connectivity index (χ1n) is 7.33. The van der Waals surface area contributed by atoms with Crippen molar-refractivity contribution in [2.45, 2.75) is 59.0 Å². The van der Waals surface area contributed by atoms with Gasteiger partial charge in [0.15, 0.2) is 5.69 Å². The lowest BCUT2D eigenvalue weighted by molar-refractivity contribution is -0.122. The SMILES string of the molecule is CCCc1c(C(=O)OC)nnn1CC(=O)NC(C)CCC. The Morgan fingerprint density at radius 2 is 2.05 bits per heavy atom. The van der Waals surface area contributed by atoms with Crippen molar-refractivity contribution in [2.24, 2.45) is 0 Å². The van der Waals surface area contributed by atoms with Gasteiger partial charge in [0.2, 0.25) is 5.91 Å². The minimum absolute atomic E-state index is 0.0629. The second-order valence-corrected chi connectivity index (χ2v) is 5.04. The lowest BCUT2D eigenvalue weighted by Gasteiger charge is -2.13. The van der Waals surface area contributed by atoms with Gasteiger partial charge < -0.3 is 10.1 Å². The van der Waals surface area contributed by atoms with Gasteiger partial charge >= 0.3 is 5.97 Å². The van der Waals surface area contributed by atoms with Gasteiger partial charge in [0, 0.05) is 6.04 Å². The quantitative estimate of drug-likeness (QED) is 0.731. The number of carbonyl (C=O) groups excluding carboxylic acids is 2. The summed E-state index contributed by atoms with van der Waals surface area (Å²) < 4.78 is 6.16. The van der Waals surface area contributed by atoms with Crippen molar-refractivity contribution in [2.75, 3.05) is 7.11 Å². The van der Waals surface area contributed by atoms with E-state index in [4.69, 9.17) is 0 Å². The smallest absolute Gasteiger partial charge is 0.360 e. The van der Waals surface area contributed by atoms with Crippen molar-refractivity contribution in [1.82, 2.24) is 20.3 Å². The van der Waals surface area contributed by atoms with Crippen LogP contribution in [0.1, 0.15) is 56.2 Å². The first kappa shape index (κ1) is 17.1. The number of ether oxygens (including phenoxy) is 1. The molecule has 0 fully saturated rings. The molecule has 0 bridgehead atoms. The molecular formula is C14H24N4O3. The van der Waals surface area contributed by atoms with Crippen LogP contribution in [0.2, 0.25) is 0 Å². The number of nitrogens with zero attached hydrogens (tertiary/aromatic N) is 3. The number of rotatable bonds is 8. The molecule has 1 N–H and O–H groups in total. The second-order valence-electron chi connectivity index (χ2n) is 5.04. The zero-order valence-electron chi connectivity index (χ0n) is 13.2. The monoisotopic (exact) mass is 296 g/mol. The fourth-order valence-electron chi connectivity index (χ4n) is 2.16. The van der Waals surface area contributed by atoms with Crippen LogP contribution in [-0.4, -0.2) is 40.0 Å². The maximum Gasteiger partial charge on any atom is 0.360 e. The Morgan fingerprint density at radius 1 is 1.33 bits per heavy atom. The molecule has 1 unspecified atom stereocenters. The highest BCUT2D eigenvalue weighted by atomic mass is 16.5. The lowest BCUT2D eigenvalue weighted by atomic mass is 10.2. The van der Waals surface area contributed by atoms with Gasteiger partial charge in [0.1, 0.15) is 6.54 Å². The van der Waals surface area contributed by atoms with Crippen LogP contribution in [0.15, 0.2) is 0 Å². The summed E-state index contributed by atoms with van der Waals surface area (Å²) in [5.74, 6) is -0.654. The summed E-state index contributed by atoms with van der Waals surface area (Å²) >= 11 is 0. The highest BCUT2D eigenvalue weighted by Gasteiger charge is 2.21. The van der Waals surface area contributed by atoms with E-state index in [1.165, 1.54) is 11.8 Å². The van der Waals surface area contributed by atoms with Gasteiger partial charge in [-0.1, -0.05) is 31.9 Å². The van der Waals surface area contributed by atoms with Gasteiger partial charge in [0.05, 0.1) is 12.8 Å². The number of esters is 1. The second kappa shape index (κ2) is 8.39. The van der Waals surface area contributed by atoms with Crippen LogP contribution in [0.25, 0.3) is 0 Å². The van der Waals surface area contributed by atoms with Crippen molar-refractivity contribution < 1.29 is 14.3 Å². The predicted molar refractivity (Wildman–Crippen MR) is 77.9 cm³/mol. The summed E-state index contributed by atoms with van der Waals surface area (Å²) in [5, 5.41) is 10.6. The minimum Gasteiger partial charge on any atom is -0.464 e. The first-order valence-corrected chi connectivity index (χ1v) is 7.33. The van der Waals surface area contributed by atoms with E-state index in [1.807, 2.05) is 13.8 Å². The number of methoxy groups -OCH3 is 1. The minimum atomic E-state index is -0.524. The maximum atomic E-state index is 12.0. The van der Waals surface area contributed by atoms with E-state index in [1.54, 1.807) is 0 Å². The zero-order chi connectivity index (χ0) is 15.8. The molecule has 1 aromatic rings. The molecule has 1 amide bonds. The van der Waals surface area contributed by atoms with Crippen LogP contribution in [-0.2, 0) is 22.5 Å². The average Bonchev–Trinajstić information content (AvgIpc) is 2.81. The van der Waals surface area contributed by atoms with E-state index in [-0.39, 0.29) is 24.2 Å². The van der Waals surface area contributed by atoms with E-state index >= 15 is 0 Å². The van der Waals surface area contributed by atoms with Crippen molar-refractivity contribution in [3.8, 4) is 0 Å². The molecule has 0 aromatic carbocycles. The Hall–Kier alpha value is -1.92. The van der Waals surface area contributed by atoms with Crippen LogP contribution in [0, 0.1) is 0 Å². The fourth-order valence-corrected chi connectivity index (χ4v) is 2.16. The van der Waals surface area contributed by atoms with Gasteiger partial charge in [-0.2, -0.15) is 0 Å². The third-order valence-electron chi connectivity index (χ3n) is 3.13. The van der Waals surface area contributed by atoms with E-state index in [0.29, 0.717) is 12.1 Å². The maximum absolute atomic E-state index is 12.0. The molecule has 118 valence electrons. The summed E-state index contributed by atoms with van der Waals surface area (Å²) in [7, 11) is 1.30. The molecule has 1 atom stereocenters. The highest BCUT2D eigenvalue weighted by Crippen LogP contribution is 2.10. The molecule has 0 aliphatic heterocycles. The van der Waals surface area contributed by atoms with Crippen LogP contribution in [0.5, 0.6) is 0 Å². The molecule has 1 rings (SSSR count). The molecule has 0 saturated heterocycles. The molecule has 21 heavy (non-hydrogen) atoms. The van der Waals surface area contributed by atoms with Crippen LogP contribution in [0.3, 0.4) is 0 Å². The summed E-state index contributed by atoms with van der Waals surface area (Å²) in [6.45, 7) is 6.09. The van der Waals surface area contributed by atoms with Gasteiger partial charge in [-0.3, -0.25) is 4.79 Å². The molecule has 0 saturated carbocycles. The summed E-state index contributed by atoms with van der Waals surface area (Å²) in [6.07, 6.45) is 3.39. The van der Waals surface area contributed by atoms with E-state index in [9.17, 15) is 9.59 Å². The number of hydrogen-bond acceptors (Lipinski definition) is 5. The fraction of sp³-hybridized carbons (Fsp3) is 0.714. The third kappa shape index (κ3) is 4.84. The molecule has 0 aliphatic rings. The summed E-state index contributed by atoms with van der Waals surface area (Å²) in [6, 6.07) is 0.126. The number of nitrogens with one attached hydrogen (secondary N) is 1. The Kier molecular flexibility index (Phi) is 6.84. The Balaban J connectivity index is 2.80. The van der Waals surface area contributed by atoms with Crippen LogP contribution < -0.4 is 5.32 Å². The van der Waals surface area contributed by atoms with Gasteiger partial charge in [0.25, 0.3) is 0 Å². The van der Waals surface area contributed by atoms with Gasteiger partial charge in [-0.15, -0.1) is 5.10 Å². The third-order valence-corrected chi connectivity index (χ3v) is 3.13. The number of hydrogen-bond donors (Lipinski definition) is 1. The van der Waals surface area contributed by atoms with E-state index < -0.39 is 5.97 Å². The van der Waals surface area contributed by atoms with Crippen molar-refractivity contribution in [3.05, 3.63) is 11.4 Å². The molecule has 7 nitrogen and oxygen atoms in total. The van der Waals surface area contributed by atoms with Crippen LogP contribution >= 0.6 is 0 Å². The predicted octanol–water partition coefficient (Wildman–Crippen LogP) is 1.32. The van der Waals surface area contributed by atoms with Crippen molar-refractivity contribution >= 4 is 11.9 Å². The molecule has 0 aliphatic carbocycles. The van der Waals surface area contributed by atoms with Crippen molar-refractivity contribution in [3.63, 3.8) is 0 Å². The largest absolute Gasteiger partial charge is 0.464 e. The Bertz CT molecular complexity index is 485. The summed E-state index contributed by atoms with van der Waals surface area (Å²) in [4.78, 5) is 23.6. The molecule has 7 heteroatoms. The van der Waals surface area contributed by atoms with Gasteiger partial charge in [-0.05, 0) is 19.8 Å². The normalized spacial score (nSPS) is 12.0. The molecule has 1 heterocycles.